The van der Waals surface area contributed by atoms with Crippen LogP contribution in [0, 0.1) is 12.7 Å². The SMILES string of the molecule is Cc1ccc(NC(=O)c2cc(-c3ccncc3)n[nH]2)cc1F. The summed E-state index contributed by atoms with van der Waals surface area (Å²) in [4.78, 5) is 16.1. The van der Waals surface area contributed by atoms with Crippen molar-refractivity contribution in [3.8, 4) is 11.3 Å². The molecule has 0 unspecified atom stereocenters. The third-order valence-corrected chi connectivity index (χ3v) is 3.23. The second-order valence-electron chi connectivity index (χ2n) is 4.82. The Balaban J connectivity index is 1.78. The lowest BCUT2D eigenvalue weighted by Gasteiger charge is -2.04. The van der Waals surface area contributed by atoms with E-state index in [0.717, 1.165) is 5.56 Å². The third kappa shape index (κ3) is 2.85. The van der Waals surface area contributed by atoms with Crippen molar-refractivity contribution in [2.75, 3.05) is 5.32 Å². The number of carbonyl (C=O) groups excluding carboxylic acids is 1. The second-order valence-corrected chi connectivity index (χ2v) is 4.82. The Morgan fingerprint density at radius 2 is 1.95 bits per heavy atom. The van der Waals surface area contributed by atoms with Crippen LogP contribution in [0.2, 0.25) is 0 Å². The molecule has 2 N–H and O–H groups in total. The molecule has 0 radical (unpaired) electrons. The first-order valence-electron chi connectivity index (χ1n) is 6.67. The van der Waals surface area contributed by atoms with Gasteiger partial charge in [0.1, 0.15) is 11.5 Å². The largest absolute Gasteiger partial charge is 0.321 e. The lowest BCUT2D eigenvalue weighted by molar-refractivity contribution is 0.102. The number of H-pyrrole nitrogens is 1. The molecular formula is C16H13FN4O. The minimum atomic E-state index is -0.379. The van der Waals surface area contributed by atoms with Crippen LogP contribution in [0.25, 0.3) is 11.3 Å². The van der Waals surface area contributed by atoms with E-state index >= 15 is 0 Å². The number of anilines is 1. The average molecular weight is 296 g/mol. The molecule has 0 aliphatic heterocycles. The lowest BCUT2D eigenvalue weighted by Crippen LogP contribution is -2.12. The summed E-state index contributed by atoms with van der Waals surface area (Å²) in [5.74, 6) is -0.740. The highest BCUT2D eigenvalue weighted by Crippen LogP contribution is 2.18. The summed E-state index contributed by atoms with van der Waals surface area (Å²) in [6.07, 6.45) is 3.30. The Morgan fingerprint density at radius 1 is 1.18 bits per heavy atom. The van der Waals surface area contributed by atoms with E-state index in [1.165, 1.54) is 6.07 Å². The van der Waals surface area contributed by atoms with Crippen molar-refractivity contribution in [3.63, 3.8) is 0 Å². The van der Waals surface area contributed by atoms with E-state index in [0.29, 0.717) is 22.6 Å². The standard InChI is InChI=1S/C16H13FN4O/c1-10-2-3-12(8-13(10)17)19-16(22)15-9-14(20-21-15)11-4-6-18-7-5-11/h2-9H,1H3,(H,19,22)(H,20,21). The number of nitrogens with zero attached hydrogens (tertiary/aromatic N) is 2. The van der Waals surface area contributed by atoms with Crippen molar-refractivity contribution in [1.29, 1.82) is 0 Å². The molecule has 2 aromatic heterocycles. The topological polar surface area (TPSA) is 70.7 Å². The van der Waals surface area contributed by atoms with Crippen LogP contribution in [0.1, 0.15) is 16.1 Å². The number of rotatable bonds is 3. The van der Waals surface area contributed by atoms with Crippen LogP contribution in [0.15, 0.2) is 48.8 Å². The van der Waals surface area contributed by atoms with Gasteiger partial charge in [0, 0.05) is 23.6 Å². The van der Waals surface area contributed by atoms with E-state index in [-0.39, 0.29) is 11.7 Å². The number of carbonyl (C=O) groups is 1. The van der Waals surface area contributed by atoms with Gasteiger partial charge in [-0.25, -0.2) is 4.39 Å². The van der Waals surface area contributed by atoms with Crippen LogP contribution in [0.4, 0.5) is 10.1 Å². The zero-order valence-electron chi connectivity index (χ0n) is 11.8. The summed E-state index contributed by atoms with van der Waals surface area (Å²) < 4.78 is 13.5. The smallest absolute Gasteiger partial charge is 0.273 e. The Labute approximate surface area is 126 Å². The monoisotopic (exact) mass is 296 g/mol. The van der Waals surface area contributed by atoms with Gasteiger partial charge in [-0.15, -0.1) is 0 Å². The highest BCUT2D eigenvalue weighted by atomic mass is 19.1. The van der Waals surface area contributed by atoms with E-state index < -0.39 is 0 Å². The van der Waals surface area contributed by atoms with E-state index in [1.54, 1.807) is 49.6 Å². The molecule has 0 saturated carbocycles. The molecule has 0 atom stereocenters. The van der Waals surface area contributed by atoms with Crippen molar-refractivity contribution < 1.29 is 9.18 Å². The highest BCUT2D eigenvalue weighted by molar-refractivity contribution is 6.03. The van der Waals surface area contributed by atoms with Gasteiger partial charge in [-0.1, -0.05) is 6.07 Å². The first kappa shape index (κ1) is 13.9. The number of aryl methyl sites for hydroxylation is 1. The molecule has 3 rings (SSSR count). The number of amides is 1. The van der Waals surface area contributed by atoms with E-state index in [2.05, 4.69) is 20.5 Å². The summed E-state index contributed by atoms with van der Waals surface area (Å²) >= 11 is 0. The van der Waals surface area contributed by atoms with Crippen LogP contribution in [0.5, 0.6) is 0 Å². The normalized spacial score (nSPS) is 10.5. The summed E-state index contributed by atoms with van der Waals surface area (Å²) in [7, 11) is 0. The van der Waals surface area contributed by atoms with Gasteiger partial charge in [0.05, 0.1) is 5.69 Å². The molecule has 0 bridgehead atoms. The maximum absolute atomic E-state index is 13.5. The van der Waals surface area contributed by atoms with Crippen molar-refractivity contribution in [2.24, 2.45) is 0 Å². The predicted octanol–water partition coefficient (Wildman–Crippen LogP) is 3.17. The zero-order valence-corrected chi connectivity index (χ0v) is 11.8. The third-order valence-electron chi connectivity index (χ3n) is 3.23. The highest BCUT2D eigenvalue weighted by Gasteiger charge is 2.12. The quantitative estimate of drug-likeness (QED) is 0.780. The average Bonchev–Trinajstić information content (AvgIpc) is 3.02. The molecular weight excluding hydrogens is 283 g/mol. The molecule has 2 heterocycles. The fourth-order valence-corrected chi connectivity index (χ4v) is 1.98. The van der Waals surface area contributed by atoms with Gasteiger partial charge >= 0.3 is 0 Å². The minimum Gasteiger partial charge on any atom is -0.321 e. The number of halogens is 1. The molecule has 5 nitrogen and oxygen atoms in total. The van der Waals surface area contributed by atoms with Crippen LogP contribution in [0.3, 0.4) is 0 Å². The van der Waals surface area contributed by atoms with Gasteiger partial charge in [-0.05, 0) is 42.8 Å². The van der Waals surface area contributed by atoms with E-state index in [1.807, 2.05) is 0 Å². The van der Waals surface area contributed by atoms with Crippen molar-refractivity contribution in [3.05, 3.63) is 65.9 Å². The molecule has 0 aliphatic rings. The Kier molecular flexibility index (Phi) is 3.65. The molecule has 1 aromatic carbocycles. The molecule has 0 spiro atoms. The first-order valence-corrected chi connectivity index (χ1v) is 6.67. The molecule has 22 heavy (non-hydrogen) atoms. The Morgan fingerprint density at radius 3 is 2.68 bits per heavy atom. The van der Waals surface area contributed by atoms with Gasteiger partial charge in [-0.3, -0.25) is 14.9 Å². The first-order chi connectivity index (χ1) is 10.6. The number of hydrogen-bond acceptors (Lipinski definition) is 3. The molecule has 3 aromatic rings. The lowest BCUT2D eigenvalue weighted by atomic mass is 10.2. The van der Waals surface area contributed by atoms with Gasteiger partial charge in [0.15, 0.2) is 0 Å². The van der Waals surface area contributed by atoms with Crippen LogP contribution in [-0.4, -0.2) is 21.1 Å². The molecule has 1 amide bonds. The Hall–Kier alpha value is -3.02. The predicted molar refractivity (Wildman–Crippen MR) is 80.9 cm³/mol. The minimum absolute atomic E-state index is 0.299. The molecule has 6 heteroatoms. The van der Waals surface area contributed by atoms with Crippen LogP contribution >= 0.6 is 0 Å². The second kappa shape index (κ2) is 5.77. The summed E-state index contributed by atoms with van der Waals surface area (Å²) in [5, 5.41) is 9.40. The van der Waals surface area contributed by atoms with Crippen LogP contribution < -0.4 is 5.32 Å². The maximum atomic E-state index is 13.5. The van der Waals surface area contributed by atoms with Crippen molar-refractivity contribution in [2.45, 2.75) is 6.92 Å². The van der Waals surface area contributed by atoms with E-state index in [9.17, 15) is 9.18 Å². The Bertz CT molecular complexity index is 814. The van der Waals surface area contributed by atoms with Crippen LogP contribution in [-0.2, 0) is 0 Å². The molecule has 0 saturated heterocycles. The van der Waals surface area contributed by atoms with Gasteiger partial charge < -0.3 is 5.32 Å². The van der Waals surface area contributed by atoms with Gasteiger partial charge in [0.2, 0.25) is 0 Å². The van der Waals surface area contributed by atoms with Crippen molar-refractivity contribution in [1.82, 2.24) is 15.2 Å². The summed E-state index contributed by atoms with van der Waals surface area (Å²) in [6, 6.07) is 9.78. The summed E-state index contributed by atoms with van der Waals surface area (Å²) in [6.45, 7) is 1.66. The number of aromatic amines is 1. The number of pyridine rings is 1. The molecule has 0 fully saturated rings. The van der Waals surface area contributed by atoms with E-state index in [4.69, 9.17) is 0 Å². The van der Waals surface area contributed by atoms with Crippen molar-refractivity contribution >= 4 is 11.6 Å². The summed E-state index contributed by atoms with van der Waals surface area (Å²) in [5.41, 5.74) is 2.72. The number of aromatic nitrogens is 3. The molecule has 110 valence electrons. The molecule has 0 aliphatic carbocycles. The fourth-order valence-electron chi connectivity index (χ4n) is 1.98. The number of benzene rings is 1. The maximum Gasteiger partial charge on any atom is 0.273 e. The fraction of sp³-hybridized carbons (Fsp3) is 0.0625. The zero-order chi connectivity index (χ0) is 15.5. The number of nitrogens with one attached hydrogen (secondary N) is 2. The van der Waals surface area contributed by atoms with Gasteiger partial charge in [-0.2, -0.15) is 5.10 Å². The van der Waals surface area contributed by atoms with Gasteiger partial charge in [0.25, 0.3) is 5.91 Å². The number of hydrogen-bond donors (Lipinski definition) is 2.